The van der Waals surface area contributed by atoms with Gasteiger partial charge in [0, 0.05) is 11.3 Å². The fourth-order valence-electron chi connectivity index (χ4n) is 7.04. The van der Waals surface area contributed by atoms with E-state index in [1.807, 2.05) is 6.07 Å². The summed E-state index contributed by atoms with van der Waals surface area (Å²) in [5.74, 6) is 0. The van der Waals surface area contributed by atoms with Crippen molar-refractivity contribution in [2.24, 2.45) is 0 Å². The zero-order chi connectivity index (χ0) is 26.0. The average molecular weight is 520 g/mol. The van der Waals surface area contributed by atoms with Gasteiger partial charge in [-0.25, -0.2) is 0 Å². The van der Waals surface area contributed by atoms with E-state index in [9.17, 15) is 0 Å². The lowest BCUT2D eigenvalue weighted by Gasteiger charge is -2.30. The zero-order valence-electron chi connectivity index (χ0n) is 21.3. The molecule has 0 radical (unpaired) electrons. The van der Waals surface area contributed by atoms with E-state index in [4.69, 9.17) is 11.6 Å². The Hall–Kier alpha value is -4.33. The van der Waals surface area contributed by atoms with E-state index < -0.39 is 0 Å². The Morgan fingerprint density at radius 3 is 1.79 bits per heavy atom. The third kappa shape index (κ3) is 3.14. The highest BCUT2D eigenvalue weighted by Gasteiger charge is 2.52. The van der Waals surface area contributed by atoms with Crippen LogP contribution in [0.25, 0.3) is 27.8 Å². The maximum absolute atomic E-state index is 6.99. The molecule has 0 amide bonds. The summed E-state index contributed by atoms with van der Waals surface area (Å²) in [5.41, 5.74) is 13.7. The number of nitrogens with one attached hydrogen (secondary N) is 1. The van der Waals surface area contributed by atoms with Gasteiger partial charge in [-0.15, -0.1) is 11.6 Å². The number of alkyl halides is 1. The molecular formula is C37H26ClN. The van der Waals surface area contributed by atoms with Gasteiger partial charge in [-0.3, -0.25) is 0 Å². The molecule has 0 heterocycles. The first-order valence-electron chi connectivity index (χ1n) is 13.6. The first-order chi connectivity index (χ1) is 19.3. The van der Waals surface area contributed by atoms with Crippen molar-refractivity contribution in [3.63, 3.8) is 0 Å². The van der Waals surface area contributed by atoms with Crippen molar-refractivity contribution < 1.29 is 0 Å². The van der Waals surface area contributed by atoms with Crippen LogP contribution in [0.1, 0.15) is 27.8 Å². The van der Waals surface area contributed by atoms with Crippen molar-refractivity contribution >= 4 is 22.9 Å². The molecule has 0 fully saturated rings. The Morgan fingerprint density at radius 2 is 1.13 bits per heavy atom. The molecule has 1 N–H and O–H groups in total. The Kier molecular flexibility index (Phi) is 4.99. The maximum Gasteiger partial charge on any atom is 0.0762 e. The summed E-state index contributed by atoms with van der Waals surface area (Å²) in [7, 11) is 0. The smallest absolute Gasteiger partial charge is 0.0762 e. The van der Waals surface area contributed by atoms with Crippen LogP contribution in [0.3, 0.4) is 0 Å². The third-order valence-electron chi connectivity index (χ3n) is 8.62. The molecule has 0 aromatic heterocycles. The van der Waals surface area contributed by atoms with E-state index in [-0.39, 0.29) is 16.8 Å². The van der Waals surface area contributed by atoms with Crippen molar-refractivity contribution in [2.45, 2.75) is 16.8 Å². The van der Waals surface area contributed by atoms with Crippen LogP contribution < -0.4 is 5.32 Å². The molecule has 0 saturated carbocycles. The van der Waals surface area contributed by atoms with Crippen molar-refractivity contribution in [3.05, 3.63) is 167 Å². The number of halogens is 1. The topological polar surface area (TPSA) is 12.0 Å². The molecule has 2 unspecified atom stereocenters. The zero-order valence-corrected chi connectivity index (χ0v) is 22.1. The van der Waals surface area contributed by atoms with Gasteiger partial charge < -0.3 is 5.32 Å². The summed E-state index contributed by atoms with van der Waals surface area (Å²) in [6, 6.07) is 43.9. The fraction of sp³-hybridized carbons (Fsp3) is 0.0811. The Morgan fingerprint density at radius 1 is 0.564 bits per heavy atom. The summed E-state index contributed by atoms with van der Waals surface area (Å²) in [6.45, 7) is 0. The molecule has 39 heavy (non-hydrogen) atoms. The van der Waals surface area contributed by atoms with E-state index in [0.29, 0.717) is 0 Å². The highest BCUT2D eigenvalue weighted by molar-refractivity contribution is 6.23. The lowest BCUT2D eigenvalue weighted by Crippen LogP contribution is -2.29. The number of fused-ring (bicyclic) bond motifs is 10. The molecular weight excluding hydrogens is 494 g/mol. The number of benzene rings is 5. The highest BCUT2D eigenvalue weighted by Crippen LogP contribution is 2.63. The van der Waals surface area contributed by atoms with Crippen molar-refractivity contribution in [2.75, 3.05) is 5.32 Å². The summed E-state index contributed by atoms with van der Waals surface area (Å²) in [4.78, 5) is 0. The fourth-order valence-corrected chi connectivity index (χ4v) is 7.32. The van der Waals surface area contributed by atoms with Gasteiger partial charge in [0.25, 0.3) is 0 Å². The first kappa shape index (κ1) is 22.6. The van der Waals surface area contributed by atoms with Crippen molar-refractivity contribution in [3.8, 4) is 22.3 Å². The van der Waals surface area contributed by atoms with Gasteiger partial charge in [0.05, 0.1) is 16.8 Å². The second-order valence-corrected chi connectivity index (χ2v) is 11.1. The normalized spacial score (nSPS) is 19.2. The monoisotopic (exact) mass is 519 g/mol. The van der Waals surface area contributed by atoms with Crippen LogP contribution >= 0.6 is 11.6 Å². The van der Waals surface area contributed by atoms with E-state index in [1.54, 1.807) is 0 Å². The van der Waals surface area contributed by atoms with E-state index in [1.165, 1.54) is 50.1 Å². The molecule has 2 heteroatoms. The van der Waals surface area contributed by atoms with Gasteiger partial charge in [-0.05, 0) is 56.1 Å². The third-order valence-corrected chi connectivity index (χ3v) is 9.01. The van der Waals surface area contributed by atoms with Crippen LogP contribution in [0.2, 0.25) is 0 Å². The lowest BCUT2D eigenvalue weighted by atomic mass is 9.70. The van der Waals surface area contributed by atoms with Crippen molar-refractivity contribution in [1.82, 2.24) is 0 Å². The van der Waals surface area contributed by atoms with Crippen LogP contribution in [-0.4, -0.2) is 11.4 Å². The van der Waals surface area contributed by atoms with E-state index >= 15 is 0 Å². The minimum atomic E-state index is -0.333. The van der Waals surface area contributed by atoms with Crippen LogP contribution in [0.5, 0.6) is 0 Å². The summed E-state index contributed by atoms with van der Waals surface area (Å²) < 4.78 is 0. The molecule has 3 aliphatic carbocycles. The lowest BCUT2D eigenvalue weighted by molar-refractivity contribution is 0.793. The molecule has 1 nitrogen and oxygen atoms in total. The number of hydrogen-bond acceptors (Lipinski definition) is 1. The molecule has 0 bridgehead atoms. The van der Waals surface area contributed by atoms with Gasteiger partial charge >= 0.3 is 0 Å². The molecule has 1 spiro atoms. The predicted octanol–water partition coefficient (Wildman–Crippen LogP) is 9.07. The van der Waals surface area contributed by atoms with E-state index in [2.05, 4.69) is 139 Å². The molecule has 186 valence electrons. The molecule has 5 aromatic carbocycles. The minimum Gasteiger partial charge on any atom is -0.376 e. The van der Waals surface area contributed by atoms with Crippen molar-refractivity contribution in [1.29, 1.82) is 0 Å². The predicted molar refractivity (Wildman–Crippen MR) is 163 cm³/mol. The Labute approximate surface area is 234 Å². The molecule has 0 saturated heterocycles. The van der Waals surface area contributed by atoms with Crippen LogP contribution in [-0.2, 0) is 5.41 Å². The largest absolute Gasteiger partial charge is 0.376 e. The highest BCUT2D eigenvalue weighted by atomic mass is 35.5. The van der Waals surface area contributed by atoms with Crippen LogP contribution in [0, 0.1) is 0 Å². The van der Waals surface area contributed by atoms with Gasteiger partial charge in [0.2, 0.25) is 0 Å². The molecule has 0 aliphatic heterocycles. The van der Waals surface area contributed by atoms with Gasteiger partial charge in [-0.1, -0.05) is 133 Å². The van der Waals surface area contributed by atoms with Crippen LogP contribution in [0.4, 0.5) is 5.69 Å². The first-order valence-corrected chi connectivity index (χ1v) is 14.0. The number of allylic oxidation sites excluding steroid dienone is 2. The molecule has 5 aromatic rings. The standard InChI is InChI=1S/C37H26ClN/c38-33-23-25(24-11-2-1-3-12-24)21-22-34(33)39-35-20-10-19-32-36(35)28-15-6-9-18-31(28)37(32)29-16-7-4-13-26(29)27-14-5-8-17-30(27)37/h1-23,33-34,39H. The number of hydrogen-bond donors (Lipinski definition) is 1. The average Bonchev–Trinajstić information content (AvgIpc) is 3.47. The van der Waals surface area contributed by atoms with E-state index in [0.717, 1.165) is 11.3 Å². The summed E-state index contributed by atoms with van der Waals surface area (Å²) in [6.07, 6.45) is 6.56. The molecule has 3 aliphatic rings. The molecule has 8 rings (SSSR count). The Bertz CT molecular complexity index is 1770. The van der Waals surface area contributed by atoms with Gasteiger partial charge in [-0.2, -0.15) is 0 Å². The van der Waals surface area contributed by atoms with Gasteiger partial charge in [0.15, 0.2) is 0 Å². The second-order valence-electron chi connectivity index (χ2n) is 10.6. The maximum atomic E-state index is 6.99. The summed E-state index contributed by atoms with van der Waals surface area (Å²) >= 11 is 6.99. The Balaban J connectivity index is 1.28. The van der Waals surface area contributed by atoms with Crippen LogP contribution in [0.15, 0.2) is 140 Å². The number of rotatable bonds is 3. The SMILES string of the molecule is ClC1C=C(c2ccccc2)C=CC1Nc1cccc2c1-c1ccccc1C21c2ccccc2-c2ccccc21. The number of anilines is 1. The second kappa shape index (κ2) is 8.59. The quantitative estimate of drug-likeness (QED) is 0.229. The summed E-state index contributed by atoms with van der Waals surface area (Å²) in [5, 5.41) is 3.67. The minimum absolute atomic E-state index is 0.0162. The van der Waals surface area contributed by atoms with Gasteiger partial charge in [0.1, 0.15) is 0 Å². The molecule has 2 atom stereocenters.